The zero-order chi connectivity index (χ0) is 16.1. The maximum Gasteiger partial charge on any atom is 0.321 e. The lowest BCUT2D eigenvalue weighted by molar-refractivity contribution is 0.0457. The minimum Gasteiger partial charge on any atom is -0.391 e. The molecule has 1 aliphatic carbocycles. The van der Waals surface area contributed by atoms with E-state index in [1.54, 1.807) is 4.90 Å². The van der Waals surface area contributed by atoms with Gasteiger partial charge in [-0.1, -0.05) is 25.0 Å². The van der Waals surface area contributed by atoms with Crippen LogP contribution in [0.15, 0.2) is 24.3 Å². The Kier molecular flexibility index (Phi) is 5.51. The Balaban J connectivity index is 1.47. The van der Waals surface area contributed by atoms with E-state index < -0.39 is 6.10 Å². The van der Waals surface area contributed by atoms with Crippen LogP contribution in [0.1, 0.15) is 44.1 Å². The number of carbonyl (C=O) groups is 1. The highest BCUT2D eigenvalue weighted by Crippen LogP contribution is 2.22. The number of aliphatic hydroxyl groups is 1. The van der Waals surface area contributed by atoms with Gasteiger partial charge in [0.2, 0.25) is 0 Å². The van der Waals surface area contributed by atoms with Crippen molar-refractivity contribution >= 4 is 11.7 Å². The Labute approximate surface area is 137 Å². The molecule has 0 bridgehead atoms. The van der Waals surface area contributed by atoms with Gasteiger partial charge in [-0.15, -0.1) is 0 Å². The molecule has 1 atom stereocenters. The molecule has 1 aromatic rings. The van der Waals surface area contributed by atoms with Gasteiger partial charge in [0.25, 0.3) is 0 Å². The standard InChI is InChI=1S/C18H26N2O3/c21-16-4-3-11-20(12-16)18(22)19-15-9-7-14(8-10-15)13-23-17-5-1-2-6-17/h7-10,16-17,21H,1-6,11-13H2,(H,19,22). The van der Waals surface area contributed by atoms with Crippen LogP contribution in [0, 0.1) is 0 Å². The molecule has 2 amide bonds. The molecule has 3 rings (SSSR count). The van der Waals surface area contributed by atoms with Crippen LogP contribution in [-0.4, -0.2) is 41.3 Å². The lowest BCUT2D eigenvalue weighted by atomic mass is 10.1. The van der Waals surface area contributed by atoms with E-state index in [2.05, 4.69) is 5.32 Å². The van der Waals surface area contributed by atoms with Crippen molar-refractivity contribution in [2.75, 3.05) is 18.4 Å². The van der Waals surface area contributed by atoms with Crippen LogP contribution in [-0.2, 0) is 11.3 Å². The van der Waals surface area contributed by atoms with Gasteiger partial charge in [-0.2, -0.15) is 0 Å². The summed E-state index contributed by atoms with van der Waals surface area (Å²) in [4.78, 5) is 13.8. The third kappa shape index (κ3) is 4.69. The van der Waals surface area contributed by atoms with E-state index in [1.165, 1.54) is 25.7 Å². The van der Waals surface area contributed by atoms with Crippen molar-refractivity contribution in [3.63, 3.8) is 0 Å². The lowest BCUT2D eigenvalue weighted by Gasteiger charge is -2.30. The number of nitrogens with one attached hydrogen (secondary N) is 1. The zero-order valence-corrected chi connectivity index (χ0v) is 13.5. The van der Waals surface area contributed by atoms with Gasteiger partial charge < -0.3 is 20.1 Å². The van der Waals surface area contributed by atoms with Crippen LogP contribution in [0.25, 0.3) is 0 Å². The van der Waals surface area contributed by atoms with Crippen LogP contribution in [0.3, 0.4) is 0 Å². The molecule has 0 aromatic heterocycles. The van der Waals surface area contributed by atoms with E-state index in [9.17, 15) is 9.90 Å². The number of nitrogens with zero attached hydrogens (tertiary/aromatic N) is 1. The first-order chi connectivity index (χ1) is 11.2. The molecule has 2 aliphatic rings. The molecule has 1 saturated heterocycles. The van der Waals surface area contributed by atoms with E-state index in [-0.39, 0.29) is 6.03 Å². The summed E-state index contributed by atoms with van der Waals surface area (Å²) in [6.45, 7) is 1.76. The van der Waals surface area contributed by atoms with E-state index >= 15 is 0 Å². The van der Waals surface area contributed by atoms with Crippen molar-refractivity contribution in [1.29, 1.82) is 0 Å². The molecule has 1 saturated carbocycles. The highest BCUT2D eigenvalue weighted by Gasteiger charge is 2.22. The number of benzene rings is 1. The third-order valence-electron chi connectivity index (χ3n) is 4.68. The summed E-state index contributed by atoms with van der Waals surface area (Å²) in [6.07, 6.45) is 6.56. The number of β-amino-alcohol motifs (C(OH)–C–C–N with tert-alkyl or cyclic N) is 1. The number of aliphatic hydroxyl groups excluding tert-OH is 1. The molecule has 5 nitrogen and oxygen atoms in total. The number of anilines is 1. The Morgan fingerprint density at radius 2 is 1.91 bits per heavy atom. The minimum atomic E-state index is -0.399. The van der Waals surface area contributed by atoms with Crippen molar-refractivity contribution in [1.82, 2.24) is 4.90 Å². The van der Waals surface area contributed by atoms with Crippen LogP contribution < -0.4 is 5.32 Å². The number of rotatable bonds is 4. The molecule has 0 spiro atoms. The molecule has 2 N–H and O–H groups in total. The quantitative estimate of drug-likeness (QED) is 0.896. The van der Waals surface area contributed by atoms with Crippen LogP contribution >= 0.6 is 0 Å². The molecule has 1 unspecified atom stereocenters. The Bertz CT molecular complexity index is 512. The second kappa shape index (κ2) is 7.79. The van der Waals surface area contributed by atoms with Crippen LogP contribution in [0.2, 0.25) is 0 Å². The molecule has 1 aromatic carbocycles. The highest BCUT2D eigenvalue weighted by atomic mass is 16.5. The van der Waals surface area contributed by atoms with Gasteiger partial charge in [0, 0.05) is 18.8 Å². The summed E-state index contributed by atoms with van der Waals surface area (Å²) in [5, 5.41) is 12.5. The van der Waals surface area contributed by atoms with Crippen molar-refractivity contribution in [2.45, 2.75) is 57.3 Å². The van der Waals surface area contributed by atoms with Gasteiger partial charge >= 0.3 is 6.03 Å². The van der Waals surface area contributed by atoms with Crippen molar-refractivity contribution in [3.05, 3.63) is 29.8 Å². The molecule has 126 valence electrons. The molecule has 5 heteroatoms. The summed E-state index contributed by atoms with van der Waals surface area (Å²) in [6, 6.07) is 7.67. The largest absolute Gasteiger partial charge is 0.391 e. The highest BCUT2D eigenvalue weighted by molar-refractivity contribution is 5.89. The maximum absolute atomic E-state index is 12.2. The number of likely N-dealkylation sites (tertiary alicyclic amines) is 1. The number of carbonyl (C=O) groups excluding carboxylic acids is 1. The maximum atomic E-state index is 12.2. The van der Waals surface area contributed by atoms with Gasteiger partial charge in [-0.3, -0.25) is 0 Å². The van der Waals surface area contributed by atoms with Gasteiger partial charge in [0.1, 0.15) is 0 Å². The Morgan fingerprint density at radius 3 is 2.61 bits per heavy atom. The second-order valence-electron chi connectivity index (χ2n) is 6.59. The lowest BCUT2D eigenvalue weighted by Crippen LogP contribution is -2.44. The third-order valence-corrected chi connectivity index (χ3v) is 4.68. The zero-order valence-electron chi connectivity index (χ0n) is 13.5. The number of ether oxygens (including phenoxy) is 1. The number of amides is 2. The Morgan fingerprint density at radius 1 is 1.17 bits per heavy atom. The van der Waals surface area contributed by atoms with Gasteiger partial charge in [0.15, 0.2) is 0 Å². The number of hydrogen-bond donors (Lipinski definition) is 2. The average molecular weight is 318 g/mol. The molecule has 0 radical (unpaired) electrons. The molecule has 23 heavy (non-hydrogen) atoms. The van der Waals surface area contributed by atoms with Crippen LogP contribution in [0.4, 0.5) is 10.5 Å². The fourth-order valence-corrected chi connectivity index (χ4v) is 3.30. The van der Waals surface area contributed by atoms with Crippen molar-refractivity contribution < 1.29 is 14.6 Å². The summed E-state index contributed by atoms with van der Waals surface area (Å²) in [5.41, 5.74) is 1.91. The topological polar surface area (TPSA) is 61.8 Å². The van der Waals surface area contributed by atoms with Crippen molar-refractivity contribution in [2.24, 2.45) is 0 Å². The molecule has 1 aliphatic heterocycles. The van der Waals surface area contributed by atoms with Gasteiger partial charge in [0.05, 0.1) is 18.8 Å². The number of urea groups is 1. The SMILES string of the molecule is O=C(Nc1ccc(COC2CCCC2)cc1)N1CCCC(O)C1. The number of hydrogen-bond acceptors (Lipinski definition) is 3. The summed E-state index contributed by atoms with van der Waals surface area (Å²) >= 11 is 0. The molecule has 2 fully saturated rings. The van der Waals surface area contributed by atoms with E-state index in [0.717, 1.165) is 24.1 Å². The summed E-state index contributed by atoms with van der Waals surface area (Å²) < 4.78 is 5.89. The fraction of sp³-hybridized carbons (Fsp3) is 0.611. The smallest absolute Gasteiger partial charge is 0.321 e. The van der Waals surface area contributed by atoms with Gasteiger partial charge in [-0.05, 0) is 43.4 Å². The van der Waals surface area contributed by atoms with Gasteiger partial charge in [-0.25, -0.2) is 4.79 Å². The molecular weight excluding hydrogens is 292 g/mol. The van der Waals surface area contributed by atoms with Crippen LogP contribution in [0.5, 0.6) is 0 Å². The summed E-state index contributed by atoms with van der Waals surface area (Å²) in [5.74, 6) is 0. The second-order valence-corrected chi connectivity index (χ2v) is 6.59. The number of piperidine rings is 1. The molecule has 1 heterocycles. The van der Waals surface area contributed by atoms with E-state index in [0.29, 0.717) is 25.8 Å². The monoisotopic (exact) mass is 318 g/mol. The average Bonchev–Trinajstić information content (AvgIpc) is 3.08. The van der Waals surface area contributed by atoms with Crippen molar-refractivity contribution in [3.8, 4) is 0 Å². The fourth-order valence-electron chi connectivity index (χ4n) is 3.30. The normalized spacial score (nSPS) is 22.3. The Hall–Kier alpha value is -1.59. The minimum absolute atomic E-state index is 0.140. The predicted molar refractivity (Wildman–Crippen MR) is 89.3 cm³/mol. The molecular formula is C18H26N2O3. The van der Waals surface area contributed by atoms with E-state index in [4.69, 9.17) is 4.74 Å². The predicted octanol–water partition coefficient (Wildman–Crippen LogP) is 3.13. The summed E-state index contributed by atoms with van der Waals surface area (Å²) in [7, 11) is 0. The first-order valence-electron chi connectivity index (χ1n) is 8.65. The van der Waals surface area contributed by atoms with E-state index in [1.807, 2.05) is 24.3 Å². The first-order valence-corrected chi connectivity index (χ1v) is 8.65. The first kappa shape index (κ1) is 16.3.